The summed E-state index contributed by atoms with van der Waals surface area (Å²) in [6, 6.07) is 7.41. The lowest BCUT2D eigenvalue weighted by Crippen LogP contribution is -2.77. The van der Waals surface area contributed by atoms with Gasteiger partial charge in [-0.1, -0.05) is 6.07 Å². The first-order chi connectivity index (χ1) is 18.0. The van der Waals surface area contributed by atoms with Gasteiger partial charge in [0.25, 0.3) is 0 Å². The molecule has 14 heteroatoms. The fourth-order valence-electron chi connectivity index (χ4n) is 4.46. The van der Waals surface area contributed by atoms with E-state index < -0.39 is 74.7 Å². The molecular formula is C25H16F8N2O4. The summed E-state index contributed by atoms with van der Waals surface area (Å²) in [6.45, 7) is 0. The van der Waals surface area contributed by atoms with Gasteiger partial charge in [-0.3, -0.25) is 0 Å². The molecule has 2 unspecified atom stereocenters. The fourth-order valence-corrected chi connectivity index (χ4v) is 4.46. The number of hydrogen-bond donors (Lipinski definition) is 4. The highest BCUT2D eigenvalue weighted by Gasteiger charge is 2.94. The summed E-state index contributed by atoms with van der Waals surface area (Å²) in [6.07, 6.45) is 0.0879. The van der Waals surface area contributed by atoms with Crippen LogP contribution >= 0.6 is 0 Å². The number of hydrogen-bond acceptors (Lipinski definition) is 6. The van der Waals surface area contributed by atoms with Crippen LogP contribution in [0, 0.1) is 0 Å². The topological polar surface area (TPSA) is 111 Å². The van der Waals surface area contributed by atoms with Crippen molar-refractivity contribution in [1.82, 2.24) is 0 Å². The minimum atomic E-state index is -6.31. The van der Waals surface area contributed by atoms with Crippen LogP contribution in [0.1, 0.15) is 11.1 Å². The molecule has 2 aliphatic rings. The summed E-state index contributed by atoms with van der Waals surface area (Å²) < 4.78 is 133. The van der Waals surface area contributed by atoms with Crippen molar-refractivity contribution >= 4 is 17.5 Å². The SMILES string of the molecule is Nc1ccc(Oc2ccc3c(c2)C2(F)C(=C3)C(F)(F)C(F)(F)C(F)(Oc3ccc(N)c(O)c3)C2(F)F)cc1O. The van der Waals surface area contributed by atoms with E-state index in [4.69, 9.17) is 16.2 Å². The molecule has 0 amide bonds. The second-order valence-corrected chi connectivity index (χ2v) is 8.93. The number of halogens is 8. The minimum Gasteiger partial charge on any atom is -0.506 e. The highest BCUT2D eigenvalue weighted by atomic mass is 19.3. The van der Waals surface area contributed by atoms with Crippen LogP contribution in [-0.2, 0) is 5.67 Å². The first kappa shape index (κ1) is 26.3. The summed E-state index contributed by atoms with van der Waals surface area (Å²) in [5.41, 5.74) is 1.13. The molecule has 0 radical (unpaired) electrons. The molecule has 1 fully saturated rings. The van der Waals surface area contributed by atoms with Gasteiger partial charge in [0.2, 0.25) is 5.67 Å². The van der Waals surface area contributed by atoms with E-state index >= 15 is 26.3 Å². The molecule has 3 aromatic rings. The Hall–Kier alpha value is -4.36. The van der Waals surface area contributed by atoms with Crippen molar-refractivity contribution < 1.29 is 54.8 Å². The van der Waals surface area contributed by atoms with Crippen molar-refractivity contribution in [2.75, 3.05) is 11.5 Å². The molecule has 1 saturated carbocycles. The quantitative estimate of drug-likeness (QED) is 0.170. The van der Waals surface area contributed by atoms with Crippen LogP contribution in [0.3, 0.4) is 0 Å². The second kappa shape index (κ2) is 7.83. The average molecular weight is 560 g/mol. The number of aromatic hydroxyl groups is 2. The monoisotopic (exact) mass is 560 g/mol. The van der Waals surface area contributed by atoms with Gasteiger partial charge in [-0.15, -0.1) is 0 Å². The second-order valence-electron chi connectivity index (χ2n) is 8.93. The molecule has 2 aliphatic carbocycles. The number of phenols is 2. The summed E-state index contributed by atoms with van der Waals surface area (Å²) >= 11 is 0. The predicted octanol–water partition coefficient (Wildman–Crippen LogP) is 6.28. The van der Waals surface area contributed by atoms with Gasteiger partial charge < -0.3 is 31.2 Å². The number of allylic oxidation sites excluding steroid dienone is 1. The molecule has 5 rings (SSSR count). The maximum absolute atomic E-state index is 16.4. The Balaban J connectivity index is 1.65. The maximum atomic E-state index is 16.4. The van der Waals surface area contributed by atoms with Crippen molar-refractivity contribution in [3.8, 4) is 28.7 Å². The zero-order chi connectivity index (χ0) is 28.8. The highest BCUT2D eigenvalue weighted by molar-refractivity contribution is 5.74. The third-order valence-corrected chi connectivity index (χ3v) is 6.54. The van der Waals surface area contributed by atoms with Crippen LogP contribution in [-0.4, -0.2) is 33.8 Å². The molecule has 0 saturated heterocycles. The third-order valence-electron chi connectivity index (χ3n) is 6.54. The van der Waals surface area contributed by atoms with Crippen LogP contribution in [0.15, 0.2) is 60.2 Å². The summed E-state index contributed by atoms with van der Waals surface area (Å²) in [7, 11) is 0. The van der Waals surface area contributed by atoms with E-state index in [1.54, 1.807) is 0 Å². The van der Waals surface area contributed by atoms with Crippen LogP contribution in [0.4, 0.5) is 46.5 Å². The number of nitrogens with two attached hydrogens (primary N) is 2. The minimum absolute atomic E-state index is 0.0495. The van der Waals surface area contributed by atoms with Gasteiger partial charge in [-0.25, -0.2) is 4.39 Å². The van der Waals surface area contributed by atoms with Crippen LogP contribution < -0.4 is 20.9 Å². The number of fused-ring (bicyclic) bond motifs is 3. The van der Waals surface area contributed by atoms with Gasteiger partial charge in [0.1, 0.15) is 28.7 Å². The van der Waals surface area contributed by atoms with E-state index in [1.165, 1.54) is 12.1 Å². The van der Waals surface area contributed by atoms with Crippen LogP contribution in [0.5, 0.6) is 28.7 Å². The fraction of sp³-hybridized carbons (Fsp3) is 0.200. The molecule has 0 aromatic heterocycles. The van der Waals surface area contributed by atoms with Crippen molar-refractivity contribution in [3.05, 3.63) is 71.3 Å². The van der Waals surface area contributed by atoms with Crippen LogP contribution in [0.2, 0.25) is 0 Å². The molecule has 0 aliphatic heterocycles. The molecule has 0 bridgehead atoms. The molecule has 0 spiro atoms. The van der Waals surface area contributed by atoms with E-state index in [0.29, 0.717) is 18.2 Å². The Labute approximate surface area is 213 Å². The van der Waals surface area contributed by atoms with Gasteiger partial charge in [-0.2, -0.15) is 30.7 Å². The zero-order valence-corrected chi connectivity index (χ0v) is 19.2. The lowest BCUT2D eigenvalue weighted by atomic mass is 9.70. The Morgan fingerprint density at radius 1 is 0.641 bits per heavy atom. The highest BCUT2D eigenvalue weighted by Crippen LogP contribution is 2.71. The number of nitrogen functional groups attached to an aromatic ring is 2. The zero-order valence-electron chi connectivity index (χ0n) is 19.2. The number of anilines is 2. The molecular weight excluding hydrogens is 544 g/mol. The standard InChI is InChI=1S/C25H16F8N2O4/c26-21-15-8-12(38-13-3-5-16(34)18(36)9-13)2-1-11(15)7-20(21)22(27,28)24(31,32)25(33,23(21,29)30)39-14-4-6-17(35)19(37)10-14/h1-10,36-37H,34-35H2. The van der Waals surface area contributed by atoms with Crippen molar-refractivity contribution in [2.24, 2.45) is 0 Å². The Kier molecular flexibility index (Phi) is 5.27. The van der Waals surface area contributed by atoms with E-state index in [-0.39, 0.29) is 17.5 Å². The van der Waals surface area contributed by atoms with Gasteiger partial charge in [0, 0.05) is 17.7 Å². The third kappa shape index (κ3) is 3.26. The molecule has 3 aromatic carbocycles. The van der Waals surface area contributed by atoms with Crippen molar-refractivity contribution in [1.29, 1.82) is 0 Å². The summed E-state index contributed by atoms with van der Waals surface area (Å²) in [5.74, 6) is -27.3. The van der Waals surface area contributed by atoms with Crippen LogP contribution in [0.25, 0.3) is 6.08 Å². The van der Waals surface area contributed by atoms with Gasteiger partial charge >= 0.3 is 23.6 Å². The first-order valence-electron chi connectivity index (χ1n) is 10.9. The van der Waals surface area contributed by atoms with Gasteiger partial charge in [-0.05, 0) is 48.0 Å². The number of benzene rings is 3. The maximum Gasteiger partial charge on any atom is 0.388 e. The Morgan fingerprint density at radius 3 is 1.74 bits per heavy atom. The first-order valence-corrected chi connectivity index (χ1v) is 10.9. The summed E-state index contributed by atoms with van der Waals surface area (Å²) in [4.78, 5) is 0. The van der Waals surface area contributed by atoms with E-state index in [9.17, 15) is 19.0 Å². The van der Waals surface area contributed by atoms with Crippen molar-refractivity contribution in [2.45, 2.75) is 29.3 Å². The smallest absolute Gasteiger partial charge is 0.388 e. The molecule has 2 atom stereocenters. The van der Waals surface area contributed by atoms with E-state index in [0.717, 1.165) is 24.3 Å². The van der Waals surface area contributed by atoms with Gasteiger partial charge in [0.15, 0.2) is 0 Å². The lowest BCUT2D eigenvalue weighted by molar-refractivity contribution is -0.419. The normalized spacial score (nSPS) is 25.8. The number of ether oxygens (including phenoxy) is 2. The number of rotatable bonds is 4. The summed E-state index contributed by atoms with van der Waals surface area (Å²) in [5, 5.41) is 19.3. The van der Waals surface area contributed by atoms with E-state index in [2.05, 4.69) is 4.74 Å². The largest absolute Gasteiger partial charge is 0.506 e. The number of phenolic OH excluding ortho intramolecular Hbond substituents is 2. The van der Waals surface area contributed by atoms with Gasteiger partial charge in [0.05, 0.1) is 16.9 Å². The molecule has 6 nitrogen and oxygen atoms in total. The van der Waals surface area contributed by atoms with Crippen molar-refractivity contribution in [3.63, 3.8) is 0 Å². The predicted molar refractivity (Wildman–Crippen MR) is 122 cm³/mol. The Morgan fingerprint density at radius 2 is 1.15 bits per heavy atom. The lowest BCUT2D eigenvalue weighted by Gasteiger charge is -2.51. The number of alkyl halides is 8. The Bertz CT molecular complexity index is 1550. The molecule has 206 valence electrons. The molecule has 6 N–H and O–H groups in total. The molecule has 0 heterocycles. The molecule has 39 heavy (non-hydrogen) atoms. The van der Waals surface area contributed by atoms with E-state index in [1.807, 2.05) is 0 Å². The average Bonchev–Trinajstić information content (AvgIpc) is 3.17.